The molecule has 3 aromatic carbocycles. The Morgan fingerprint density at radius 1 is 1.03 bits per heavy atom. The van der Waals surface area contributed by atoms with E-state index in [1.807, 2.05) is 18.4 Å². The molecule has 1 N–H and O–H groups in total. The van der Waals surface area contributed by atoms with Crippen molar-refractivity contribution in [2.75, 3.05) is 27.6 Å². The van der Waals surface area contributed by atoms with Crippen molar-refractivity contribution in [1.82, 2.24) is 5.32 Å². The molecule has 37 heavy (non-hydrogen) atoms. The predicted molar refractivity (Wildman–Crippen MR) is 141 cm³/mol. The minimum absolute atomic E-state index is 0.102. The third kappa shape index (κ3) is 4.97. The summed E-state index contributed by atoms with van der Waals surface area (Å²) in [4.78, 5) is 37.3. The molecule has 0 spiro atoms. The summed E-state index contributed by atoms with van der Waals surface area (Å²) in [6.45, 7) is 0. The first-order chi connectivity index (χ1) is 17.8. The van der Waals surface area contributed by atoms with E-state index in [4.69, 9.17) is 14.2 Å². The molecule has 0 bridgehead atoms. The molecule has 0 aromatic heterocycles. The lowest BCUT2D eigenvalue weighted by Crippen LogP contribution is -2.29. The van der Waals surface area contributed by atoms with Crippen LogP contribution in [0.4, 0.5) is 5.69 Å². The Morgan fingerprint density at radius 2 is 1.73 bits per heavy atom. The van der Waals surface area contributed by atoms with Crippen LogP contribution in [-0.4, -0.2) is 38.4 Å². The fourth-order valence-corrected chi connectivity index (χ4v) is 5.06. The maximum absolute atomic E-state index is 13.2. The standard InChI is InChI=1S/C27H26N2O7S/c1-34-22-13-16-7-11-20(28-27(31)15-5-8-17(9-6-15)29(32)33)19-14-21(30)23(37-4)12-10-18(19)24(16)26(36-3)25(22)35-2/h5-6,8-10,12-14,20H,7,11H2,1-4H3,(H,28,31). The van der Waals surface area contributed by atoms with Crippen molar-refractivity contribution < 1.29 is 23.9 Å². The first-order valence-electron chi connectivity index (χ1n) is 11.4. The van der Waals surface area contributed by atoms with Crippen LogP contribution in [0, 0.1) is 10.1 Å². The van der Waals surface area contributed by atoms with Gasteiger partial charge >= 0.3 is 0 Å². The molecule has 0 radical (unpaired) electrons. The van der Waals surface area contributed by atoms with E-state index in [2.05, 4.69) is 5.32 Å². The van der Waals surface area contributed by atoms with Crippen LogP contribution in [-0.2, 0) is 6.42 Å². The molecule has 10 heteroatoms. The number of hydrogen-bond donors (Lipinski definition) is 1. The number of carbonyl (C=O) groups is 1. The van der Waals surface area contributed by atoms with Gasteiger partial charge < -0.3 is 19.5 Å². The highest BCUT2D eigenvalue weighted by Crippen LogP contribution is 2.50. The number of nitrogens with zero attached hydrogens (tertiary/aromatic N) is 1. The van der Waals surface area contributed by atoms with E-state index in [1.54, 1.807) is 26.4 Å². The van der Waals surface area contributed by atoms with Gasteiger partial charge in [0.15, 0.2) is 16.9 Å². The fraction of sp³-hybridized carbons (Fsp3) is 0.259. The normalized spacial score (nSPS) is 14.0. The van der Waals surface area contributed by atoms with E-state index in [-0.39, 0.29) is 16.7 Å². The first-order valence-corrected chi connectivity index (χ1v) is 12.6. The summed E-state index contributed by atoms with van der Waals surface area (Å²) in [5.74, 6) is 1.03. The van der Waals surface area contributed by atoms with Gasteiger partial charge in [-0.3, -0.25) is 19.7 Å². The summed E-state index contributed by atoms with van der Waals surface area (Å²) in [5.41, 5.74) is 3.08. The summed E-state index contributed by atoms with van der Waals surface area (Å²) in [6, 6.07) is 12.0. The number of non-ortho nitro benzene ring substituents is 1. The predicted octanol–water partition coefficient (Wildman–Crippen LogP) is 4.79. The van der Waals surface area contributed by atoms with Crippen molar-refractivity contribution in [3.8, 4) is 28.4 Å². The van der Waals surface area contributed by atoms with Crippen LogP contribution >= 0.6 is 11.8 Å². The third-order valence-corrected chi connectivity index (χ3v) is 7.14. The van der Waals surface area contributed by atoms with Gasteiger partial charge in [-0.15, -0.1) is 11.8 Å². The smallest absolute Gasteiger partial charge is 0.269 e. The van der Waals surface area contributed by atoms with E-state index >= 15 is 0 Å². The molecular formula is C27H26N2O7S. The quantitative estimate of drug-likeness (QED) is 0.268. The Hall–Kier alpha value is -4.05. The Morgan fingerprint density at radius 3 is 2.32 bits per heavy atom. The number of nitrogens with one attached hydrogen (secondary N) is 1. The number of rotatable bonds is 7. The van der Waals surface area contributed by atoms with Gasteiger partial charge in [-0.25, -0.2) is 0 Å². The number of ether oxygens (including phenoxy) is 3. The second kappa shape index (κ2) is 10.9. The fourth-order valence-electron chi connectivity index (χ4n) is 4.59. The minimum Gasteiger partial charge on any atom is -0.493 e. The first kappa shape index (κ1) is 26.0. The Balaban J connectivity index is 1.88. The molecule has 9 nitrogen and oxygen atoms in total. The number of methoxy groups -OCH3 is 3. The molecule has 1 aliphatic carbocycles. The summed E-state index contributed by atoms with van der Waals surface area (Å²) in [5, 5.41) is 14.0. The number of fused-ring (bicyclic) bond motifs is 3. The summed E-state index contributed by atoms with van der Waals surface area (Å²) >= 11 is 1.34. The van der Waals surface area contributed by atoms with Gasteiger partial charge in [0.05, 0.1) is 37.2 Å². The van der Waals surface area contributed by atoms with Crippen LogP contribution in [0.1, 0.15) is 33.9 Å². The van der Waals surface area contributed by atoms with Gasteiger partial charge in [0.1, 0.15) is 0 Å². The summed E-state index contributed by atoms with van der Waals surface area (Å²) in [7, 11) is 4.63. The Kier molecular flexibility index (Phi) is 7.68. The number of amides is 1. The van der Waals surface area contributed by atoms with Crippen LogP contribution < -0.4 is 25.0 Å². The summed E-state index contributed by atoms with van der Waals surface area (Å²) < 4.78 is 17.0. The van der Waals surface area contributed by atoms with Gasteiger partial charge in [-0.05, 0) is 66.1 Å². The lowest BCUT2D eigenvalue weighted by molar-refractivity contribution is -0.384. The highest BCUT2D eigenvalue weighted by Gasteiger charge is 2.30. The second-order valence-electron chi connectivity index (χ2n) is 8.33. The van der Waals surface area contributed by atoms with Crippen LogP contribution in [0.5, 0.6) is 17.2 Å². The maximum Gasteiger partial charge on any atom is 0.269 e. The molecule has 192 valence electrons. The number of carbonyl (C=O) groups excluding carboxylic acids is 1. The molecule has 0 fully saturated rings. The number of hydrogen-bond acceptors (Lipinski definition) is 8. The van der Waals surface area contributed by atoms with Crippen molar-refractivity contribution in [2.45, 2.75) is 23.8 Å². The lowest BCUT2D eigenvalue weighted by atomic mass is 9.95. The molecule has 1 aliphatic rings. The Labute approximate surface area is 217 Å². The number of thioether (sulfide) groups is 1. The molecule has 4 rings (SSSR count). The monoisotopic (exact) mass is 522 g/mol. The average molecular weight is 523 g/mol. The van der Waals surface area contributed by atoms with Gasteiger partial charge in [0.25, 0.3) is 11.6 Å². The van der Waals surface area contributed by atoms with Gasteiger partial charge in [0.2, 0.25) is 5.75 Å². The molecule has 0 aliphatic heterocycles. The number of nitro groups is 1. The van der Waals surface area contributed by atoms with Crippen molar-refractivity contribution in [3.05, 3.63) is 85.6 Å². The minimum atomic E-state index is -0.518. The second-order valence-corrected chi connectivity index (χ2v) is 9.18. The van der Waals surface area contributed by atoms with E-state index in [0.29, 0.717) is 40.5 Å². The zero-order valence-corrected chi connectivity index (χ0v) is 21.6. The van der Waals surface area contributed by atoms with Crippen molar-refractivity contribution in [2.24, 2.45) is 0 Å². The van der Waals surface area contributed by atoms with Crippen LogP contribution in [0.25, 0.3) is 11.1 Å². The van der Waals surface area contributed by atoms with E-state index in [0.717, 1.165) is 16.7 Å². The van der Waals surface area contributed by atoms with Gasteiger partial charge in [-0.1, -0.05) is 6.07 Å². The maximum atomic E-state index is 13.2. The van der Waals surface area contributed by atoms with Gasteiger partial charge in [0, 0.05) is 23.3 Å². The molecule has 0 heterocycles. The van der Waals surface area contributed by atoms with Crippen molar-refractivity contribution in [1.29, 1.82) is 0 Å². The van der Waals surface area contributed by atoms with Crippen LogP contribution in [0.3, 0.4) is 0 Å². The third-order valence-electron chi connectivity index (χ3n) is 6.37. The molecule has 3 aromatic rings. The molecular weight excluding hydrogens is 496 g/mol. The summed E-state index contributed by atoms with van der Waals surface area (Å²) in [6.07, 6.45) is 2.88. The van der Waals surface area contributed by atoms with Crippen molar-refractivity contribution in [3.63, 3.8) is 0 Å². The van der Waals surface area contributed by atoms with Crippen LogP contribution in [0.2, 0.25) is 0 Å². The topological polar surface area (TPSA) is 117 Å². The average Bonchev–Trinajstić information content (AvgIpc) is 3.15. The number of aryl methyl sites for hydroxylation is 1. The molecule has 0 saturated carbocycles. The van der Waals surface area contributed by atoms with Crippen LogP contribution in [0.15, 0.2) is 58.2 Å². The van der Waals surface area contributed by atoms with E-state index in [9.17, 15) is 19.7 Å². The molecule has 1 atom stereocenters. The number of nitro benzene ring substituents is 1. The van der Waals surface area contributed by atoms with Gasteiger partial charge in [-0.2, -0.15) is 0 Å². The zero-order chi connectivity index (χ0) is 26.7. The highest BCUT2D eigenvalue weighted by atomic mass is 32.2. The Bertz CT molecular complexity index is 1420. The largest absolute Gasteiger partial charge is 0.493 e. The molecule has 1 unspecified atom stereocenters. The van der Waals surface area contributed by atoms with Crippen molar-refractivity contribution >= 4 is 23.4 Å². The number of benzene rings is 2. The SMILES string of the molecule is COc1cc2c(c(OC)c1OC)-c1ccc(SC)c(=O)cc1C(NC(=O)c1ccc([N+](=O)[O-])cc1)CC2. The highest BCUT2D eigenvalue weighted by molar-refractivity contribution is 7.98. The zero-order valence-electron chi connectivity index (χ0n) is 20.8. The molecule has 1 amide bonds. The van der Waals surface area contributed by atoms with E-state index < -0.39 is 16.9 Å². The lowest BCUT2D eigenvalue weighted by Gasteiger charge is -2.20. The molecule has 0 saturated heterocycles. The van der Waals surface area contributed by atoms with E-state index in [1.165, 1.54) is 43.1 Å².